The molecule has 2 aromatic rings. The van der Waals surface area contributed by atoms with E-state index in [4.69, 9.17) is 21.1 Å². The van der Waals surface area contributed by atoms with Crippen molar-refractivity contribution < 1.29 is 14.3 Å². The van der Waals surface area contributed by atoms with Crippen LogP contribution in [0.1, 0.15) is 26.2 Å². The quantitative estimate of drug-likeness (QED) is 0.853. The summed E-state index contributed by atoms with van der Waals surface area (Å²) in [5.41, 5.74) is 1.43. The smallest absolute Gasteiger partial charge is 0.253 e. The third kappa shape index (κ3) is 4.81. The number of ether oxygens (including phenoxy) is 2. The first-order valence-electron chi connectivity index (χ1n) is 8.45. The van der Waals surface area contributed by atoms with E-state index < -0.39 is 6.10 Å². The van der Waals surface area contributed by atoms with Crippen LogP contribution in [-0.4, -0.2) is 40.9 Å². The van der Waals surface area contributed by atoms with Crippen LogP contribution < -0.4 is 5.32 Å². The number of hydrogen-bond acceptors (Lipinski definition) is 4. The molecule has 1 saturated heterocycles. The molecule has 1 aliphatic rings. The van der Waals surface area contributed by atoms with Crippen LogP contribution >= 0.6 is 11.6 Å². The van der Waals surface area contributed by atoms with Gasteiger partial charge in [0.1, 0.15) is 6.10 Å². The molecule has 2 heterocycles. The van der Waals surface area contributed by atoms with Gasteiger partial charge in [-0.3, -0.25) is 4.79 Å². The molecule has 1 aromatic carbocycles. The van der Waals surface area contributed by atoms with Crippen LogP contribution in [0.3, 0.4) is 0 Å². The number of aromatic nitrogens is 2. The molecule has 0 saturated carbocycles. The minimum Gasteiger partial charge on any atom is -0.376 e. The van der Waals surface area contributed by atoms with Gasteiger partial charge in [-0.25, -0.2) is 4.98 Å². The minimum absolute atomic E-state index is 0.0907. The number of halogens is 1. The third-order valence-corrected chi connectivity index (χ3v) is 4.48. The molecule has 1 aliphatic heterocycles. The molecular weight excluding hydrogens is 342 g/mol. The summed E-state index contributed by atoms with van der Waals surface area (Å²) < 4.78 is 13.1. The number of hydrogen-bond donors (Lipinski definition) is 1. The van der Waals surface area contributed by atoms with E-state index in [9.17, 15) is 4.79 Å². The molecule has 25 heavy (non-hydrogen) atoms. The maximum Gasteiger partial charge on any atom is 0.253 e. The number of benzene rings is 1. The van der Waals surface area contributed by atoms with Crippen molar-refractivity contribution in [1.29, 1.82) is 0 Å². The van der Waals surface area contributed by atoms with Crippen LogP contribution in [0.5, 0.6) is 0 Å². The zero-order valence-corrected chi connectivity index (χ0v) is 14.9. The first kappa shape index (κ1) is 17.9. The standard InChI is InChI=1S/C18H22ClN3O3/c1-13(25-11-15-4-2-3-9-24-15)18(23)21-14-5-6-17(16(19)10-14)22-8-7-20-12-22/h5-8,10,12-13,15H,2-4,9,11H2,1H3,(H,21,23). The number of nitrogens with one attached hydrogen (secondary N) is 1. The molecular formula is C18H22ClN3O3. The molecule has 2 atom stereocenters. The van der Waals surface area contributed by atoms with Crippen molar-refractivity contribution in [2.45, 2.75) is 38.4 Å². The van der Waals surface area contributed by atoms with Crippen LogP contribution in [0.15, 0.2) is 36.9 Å². The fourth-order valence-corrected chi connectivity index (χ4v) is 2.98. The van der Waals surface area contributed by atoms with Gasteiger partial charge in [-0.2, -0.15) is 0 Å². The molecule has 1 N–H and O–H groups in total. The van der Waals surface area contributed by atoms with E-state index in [1.54, 1.807) is 31.6 Å². The Morgan fingerprint density at radius 3 is 3.08 bits per heavy atom. The molecule has 3 rings (SSSR count). The molecule has 0 bridgehead atoms. The number of rotatable bonds is 6. The summed E-state index contributed by atoms with van der Waals surface area (Å²) in [6.07, 6.45) is 7.93. The Balaban J connectivity index is 1.54. The molecule has 6 nitrogen and oxygen atoms in total. The lowest BCUT2D eigenvalue weighted by atomic mass is 10.1. The van der Waals surface area contributed by atoms with Gasteiger partial charge >= 0.3 is 0 Å². The van der Waals surface area contributed by atoms with Gasteiger partial charge in [0, 0.05) is 24.7 Å². The Hall–Kier alpha value is -1.89. The lowest BCUT2D eigenvalue weighted by molar-refractivity contribution is -0.130. The summed E-state index contributed by atoms with van der Waals surface area (Å²) in [7, 11) is 0. The van der Waals surface area contributed by atoms with E-state index in [1.807, 2.05) is 16.8 Å². The largest absolute Gasteiger partial charge is 0.376 e. The van der Waals surface area contributed by atoms with Crippen LogP contribution in [0.4, 0.5) is 5.69 Å². The second-order valence-corrected chi connectivity index (χ2v) is 6.50. The molecule has 0 radical (unpaired) electrons. The summed E-state index contributed by atoms with van der Waals surface area (Å²) in [5.74, 6) is -0.206. The third-order valence-electron chi connectivity index (χ3n) is 4.17. The molecule has 0 spiro atoms. The van der Waals surface area contributed by atoms with Gasteiger partial charge in [-0.05, 0) is 44.4 Å². The first-order chi connectivity index (χ1) is 12.1. The van der Waals surface area contributed by atoms with Crippen molar-refractivity contribution in [3.05, 3.63) is 41.9 Å². The molecule has 1 amide bonds. The van der Waals surface area contributed by atoms with Crippen molar-refractivity contribution in [3.63, 3.8) is 0 Å². The van der Waals surface area contributed by atoms with Crippen molar-refractivity contribution in [2.75, 3.05) is 18.5 Å². The fourth-order valence-electron chi connectivity index (χ4n) is 2.71. The zero-order chi connectivity index (χ0) is 17.6. The highest BCUT2D eigenvalue weighted by molar-refractivity contribution is 6.32. The van der Waals surface area contributed by atoms with E-state index in [1.165, 1.54) is 0 Å². The average Bonchev–Trinajstić information content (AvgIpc) is 3.15. The predicted octanol–water partition coefficient (Wildman–Crippen LogP) is 3.44. The lowest BCUT2D eigenvalue weighted by Crippen LogP contribution is -2.32. The Bertz CT molecular complexity index is 700. The molecule has 0 aliphatic carbocycles. The van der Waals surface area contributed by atoms with Gasteiger partial charge in [-0.15, -0.1) is 0 Å². The van der Waals surface area contributed by atoms with Crippen LogP contribution in [-0.2, 0) is 14.3 Å². The van der Waals surface area contributed by atoms with Crippen molar-refractivity contribution in [1.82, 2.24) is 9.55 Å². The van der Waals surface area contributed by atoms with Gasteiger partial charge in [0.05, 0.1) is 29.7 Å². The van der Waals surface area contributed by atoms with Gasteiger partial charge < -0.3 is 19.4 Å². The van der Waals surface area contributed by atoms with E-state index in [0.717, 1.165) is 31.6 Å². The molecule has 2 unspecified atom stereocenters. The molecule has 134 valence electrons. The first-order valence-corrected chi connectivity index (χ1v) is 8.83. The SMILES string of the molecule is CC(OCC1CCCCO1)C(=O)Nc1ccc(-n2ccnc2)c(Cl)c1. The van der Waals surface area contributed by atoms with E-state index >= 15 is 0 Å². The summed E-state index contributed by atoms with van der Waals surface area (Å²) in [6, 6.07) is 5.35. The summed E-state index contributed by atoms with van der Waals surface area (Å²) in [6.45, 7) is 2.95. The number of carbonyl (C=O) groups excluding carboxylic acids is 1. The van der Waals surface area contributed by atoms with Gasteiger partial charge in [0.25, 0.3) is 5.91 Å². The van der Waals surface area contributed by atoms with Crippen LogP contribution in [0, 0.1) is 0 Å². The summed E-state index contributed by atoms with van der Waals surface area (Å²) in [4.78, 5) is 16.3. The Morgan fingerprint density at radius 1 is 1.52 bits per heavy atom. The summed E-state index contributed by atoms with van der Waals surface area (Å²) >= 11 is 6.30. The lowest BCUT2D eigenvalue weighted by Gasteiger charge is -2.24. The second kappa shape index (κ2) is 8.47. The molecule has 1 aromatic heterocycles. The maximum atomic E-state index is 12.3. The van der Waals surface area contributed by atoms with E-state index in [-0.39, 0.29) is 12.0 Å². The Kier molecular flexibility index (Phi) is 6.07. The van der Waals surface area contributed by atoms with Gasteiger partial charge in [0.2, 0.25) is 0 Å². The maximum absolute atomic E-state index is 12.3. The second-order valence-electron chi connectivity index (χ2n) is 6.09. The fraction of sp³-hybridized carbons (Fsp3) is 0.444. The van der Waals surface area contributed by atoms with Gasteiger partial charge in [0.15, 0.2) is 0 Å². The average molecular weight is 364 g/mol. The topological polar surface area (TPSA) is 65.4 Å². The normalized spacial score (nSPS) is 18.7. The van der Waals surface area contributed by atoms with Crippen molar-refractivity contribution >= 4 is 23.2 Å². The van der Waals surface area contributed by atoms with E-state index in [2.05, 4.69) is 10.3 Å². The Labute approximate surface area is 152 Å². The Morgan fingerprint density at radius 2 is 2.40 bits per heavy atom. The molecule has 1 fully saturated rings. The number of nitrogens with zero attached hydrogens (tertiary/aromatic N) is 2. The summed E-state index contributed by atoms with van der Waals surface area (Å²) in [5, 5.41) is 3.36. The zero-order valence-electron chi connectivity index (χ0n) is 14.2. The number of anilines is 1. The number of carbonyl (C=O) groups is 1. The number of imidazole rings is 1. The van der Waals surface area contributed by atoms with Gasteiger partial charge in [-0.1, -0.05) is 11.6 Å². The minimum atomic E-state index is -0.558. The highest BCUT2D eigenvalue weighted by Crippen LogP contribution is 2.24. The number of amides is 1. The van der Waals surface area contributed by atoms with Crippen LogP contribution in [0.25, 0.3) is 5.69 Å². The highest BCUT2D eigenvalue weighted by atomic mass is 35.5. The molecule has 7 heteroatoms. The highest BCUT2D eigenvalue weighted by Gasteiger charge is 2.19. The monoisotopic (exact) mass is 363 g/mol. The van der Waals surface area contributed by atoms with Crippen molar-refractivity contribution in [2.24, 2.45) is 0 Å². The van der Waals surface area contributed by atoms with Crippen molar-refractivity contribution in [3.8, 4) is 5.69 Å². The predicted molar refractivity (Wildman–Crippen MR) is 96.2 cm³/mol. The van der Waals surface area contributed by atoms with Crippen LogP contribution in [0.2, 0.25) is 5.02 Å². The van der Waals surface area contributed by atoms with E-state index in [0.29, 0.717) is 17.3 Å².